The van der Waals surface area contributed by atoms with E-state index >= 15 is 0 Å². The fraction of sp³-hybridized carbons (Fsp3) is 0.500. The third kappa shape index (κ3) is 3.77. The first-order valence-electron chi connectivity index (χ1n) is 6.25. The zero-order valence-corrected chi connectivity index (χ0v) is 10.6. The minimum atomic E-state index is 0.224. The summed E-state index contributed by atoms with van der Waals surface area (Å²) in [5.74, 6) is 0.224. The molecule has 0 fully saturated rings. The molecule has 0 saturated heterocycles. The van der Waals surface area contributed by atoms with E-state index in [-0.39, 0.29) is 11.8 Å². The van der Waals surface area contributed by atoms with E-state index < -0.39 is 0 Å². The smallest absolute Gasteiger partial charge is 0.214 e. The van der Waals surface area contributed by atoms with Gasteiger partial charge in [0.2, 0.25) is 6.41 Å². The van der Waals surface area contributed by atoms with Gasteiger partial charge in [-0.25, -0.2) is 0 Å². The number of anilines is 1. The summed E-state index contributed by atoms with van der Waals surface area (Å²) in [5.41, 5.74) is 0.852. The normalized spacial score (nSPS) is 10.5. The van der Waals surface area contributed by atoms with E-state index in [4.69, 9.17) is 0 Å². The Morgan fingerprint density at radius 3 is 2.12 bits per heavy atom. The molecule has 1 N–H and O–H groups in total. The van der Waals surface area contributed by atoms with Crippen molar-refractivity contribution in [1.82, 2.24) is 0 Å². The van der Waals surface area contributed by atoms with E-state index in [0.717, 1.165) is 37.8 Å². The van der Waals surface area contributed by atoms with Gasteiger partial charge in [-0.2, -0.15) is 0 Å². The van der Waals surface area contributed by atoms with Crippen molar-refractivity contribution in [1.29, 1.82) is 0 Å². The molecule has 0 aliphatic rings. The van der Waals surface area contributed by atoms with Crippen LogP contribution < -0.4 is 4.90 Å². The molecule has 0 aromatic heterocycles. The van der Waals surface area contributed by atoms with Crippen LogP contribution in [0.2, 0.25) is 0 Å². The van der Waals surface area contributed by atoms with E-state index in [1.165, 1.54) is 0 Å². The Balaban J connectivity index is 2.87. The second kappa shape index (κ2) is 6.94. The van der Waals surface area contributed by atoms with Crippen LogP contribution in [0.1, 0.15) is 39.5 Å². The minimum Gasteiger partial charge on any atom is -0.508 e. The molecule has 1 rings (SSSR count). The molecule has 3 heteroatoms. The van der Waals surface area contributed by atoms with Gasteiger partial charge in [0, 0.05) is 11.7 Å². The minimum absolute atomic E-state index is 0.224. The molecule has 94 valence electrons. The molecule has 0 bridgehead atoms. The van der Waals surface area contributed by atoms with Crippen LogP contribution in [-0.4, -0.2) is 17.6 Å². The van der Waals surface area contributed by atoms with Crippen LogP contribution in [0.15, 0.2) is 24.3 Å². The number of benzene rings is 1. The van der Waals surface area contributed by atoms with Crippen molar-refractivity contribution in [2.75, 3.05) is 4.90 Å². The van der Waals surface area contributed by atoms with Gasteiger partial charge in [-0.1, -0.05) is 26.7 Å². The lowest BCUT2D eigenvalue weighted by Gasteiger charge is -2.28. The van der Waals surface area contributed by atoms with Crippen LogP contribution in [0.4, 0.5) is 5.69 Å². The first-order valence-corrected chi connectivity index (χ1v) is 6.25. The average molecular weight is 235 g/mol. The molecule has 0 aliphatic heterocycles. The summed E-state index contributed by atoms with van der Waals surface area (Å²) in [6.45, 7) is 4.25. The number of amides is 1. The van der Waals surface area contributed by atoms with E-state index in [1.807, 2.05) is 0 Å². The Labute approximate surface area is 103 Å². The Kier molecular flexibility index (Phi) is 5.53. The van der Waals surface area contributed by atoms with Gasteiger partial charge in [0.25, 0.3) is 0 Å². The third-order valence-corrected chi connectivity index (χ3v) is 2.90. The van der Waals surface area contributed by atoms with E-state index in [0.29, 0.717) is 0 Å². The lowest BCUT2D eigenvalue weighted by molar-refractivity contribution is -0.107. The molecule has 17 heavy (non-hydrogen) atoms. The first-order chi connectivity index (χ1) is 8.22. The van der Waals surface area contributed by atoms with Crippen LogP contribution in [0.3, 0.4) is 0 Å². The van der Waals surface area contributed by atoms with Crippen molar-refractivity contribution in [3.8, 4) is 5.75 Å². The van der Waals surface area contributed by atoms with Crippen LogP contribution >= 0.6 is 0 Å². The molecule has 0 saturated carbocycles. The SMILES string of the molecule is CCCC(CCC)N(C=O)c1ccc(O)cc1. The van der Waals surface area contributed by atoms with Gasteiger partial charge in [-0.05, 0) is 37.1 Å². The average Bonchev–Trinajstić information content (AvgIpc) is 2.33. The molecule has 0 heterocycles. The summed E-state index contributed by atoms with van der Waals surface area (Å²) in [6, 6.07) is 7.04. The van der Waals surface area contributed by atoms with Gasteiger partial charge in [0.1, 0.15) is 5.75 Å². The molecular formula is C14H21NO2. The second-order valence-electron chi connectivity index (χ2n) is 4.26. The highest BCUT2D eigenvalue weighted by Crippen LogP contribution is 2.23. The molecule has 1 amide bonds. The predicted molar refractivity (Wildman–Crippen MR) is 70.3 cm³/mol. The molecule has 0 aliphatic carbocycles. The molecular weight excluding hydrogens is 214 g/mol. The fourth-order valence-electron chi connectivity index (χ4n) is 2.07. The maximum absolute atomic E-state index is 11.2. The van der Waals surface area contributed by atoms with E-state index in [1.54, 1.807) is 29.2 Å². The Hall–Kier alpha value is -1.51. The maximum atomic E-state index is 11.2. The number of nitrogens with zero attached hydrogens (tertiary/aromatic N) is 1. The van der Waals surface area contributed by atoms with Gasteiger partial charge in [0.15, 0.2) is 0 Å². The van der Waals surface area contributed by atoms with Gasteiger partial charge in [-0.15, -0.1) is 0 Å². The van der Waals surface area contributed by atoms with Crippen LogP contribution in [0, 0.1) is 0 Å². The zero-order valence-electron chi connectivity index (χ0n) is 10.6. The van der Waals surface area contributed by atoms with Crippen molar-refractivity contribution in [2.45, 2.75) is 45.6 Å². The highest BCUT2D eigenvalue weighted by molar-refractivity contribution is 5.76. The number of aromatic hydroxyl groups is 1. The summed E-state index contributed by atoms with van der Waals surface area (Å²) in [4.78, 5) is 13.0. The van der Waals surface area contributed by atoms with Crippen molar-refractivity contribution in [2.24, 2.45) is 0 Å². The van der Waals surface area contributed by atoms with Crippen molar-refractivity contribution in [3.63, 3.8) is 0 Å². The predicted octanol–water partition coefficient (Wildman–Crippen LogP) is 3.32. The Bertz CT molecular complexity index is 329. The van der Waals surface area contributed by atoms with Crippen LogP contribution in [0.5, 0.6) is 5.75 Å². The number of phenolic OH excluding ortho intramolecular Hbond substituents is 1. The molecule has 1 aromatic rings. The topological polar surface area (TPSA) is 40.5 Å². The molecule has 1 aromatic carbocycles. The number of rotatable bonds is 7. The Morgan fingerprint density at radius 1 is 1.18 bits per heavy atom. The quantitative estimate of drug-likeness (QED) is 0.736. The number of carbonyl (C=O) groups is 1. The molecule has 0 unspecified atom stereocenters. The fourth-order valence-corrected chi connectivity index (χ4v) is 2.07. The second-order valence-corrected chi connectivity index (χ2v) is 4.26. The number of carbonyl (C=O) groups excluding carboxylic acids is 1. The Morgan fingerprint density at radius 2 is 1.71 bits per heavy atom. The number of hydrogen-bond acceptors (Lipinski definition) is 2. The molecule has 0 spiro atoms. The van der Waals surface area contributed by atoms with Crippen LogP contribution in [0.25, 0.3) is 0 Å². The summed E-state index contributed by atoms with van der Waals surface area (Å²) in [5, 5.41) is 9.25. The summed E-state index contributed by atoms with van der Waals surface area (Å²) < 4.78 is 0. The third-order valence-electron chi connectivity index (χ3n) is 2.90. The van der Waals surface area contributed by atoms with Crippen molar-refractivity contribution < 1.29 is 9.90 Å². The lowest BCUT2D eigenvalue weighted by Crippen LogP contribution is -2.34. The van der Waals surface area contributed by atoms with E-state index in [2.05, 4.69) is 13.8 Å². The number of hydrogen-bond donors (Lipinski definition) is 1. The van der Waals surface area contributed by atoms with Gasteiger partial charge in [0.05, 0.1) is 0 Å². The van der Waals surface area contributed by atoms with E-state index in [9.17, 15) is 9.90 Å². The molecule has 3 nitrogen and oxygen atoms in total. The zero-order chi connectivity index (χ0) is 12.7. The van der Waals surface area contributed by atoms with Crippen molar-refractivity contribution in [3.05, 3.63) is 24.3 Å². The molecule has 0 atom stereocenters. The largest absolute Gasteiger partial charge is 0.508 e. The van der Waals surface area contributed by atoms with Gasteiger partial charge >= 0.3 is 0 Å². The maximum Gasteiger partial charge on any atom is 0.214 e. The highest BCUT2D eigenvalue weighted by atomic mass is 16.3. The van der Waals surface area contributed by atoms with Gasteiger partial charge in [-0.3, -0.25) is 4.79 Å². The monoisotopic (exact) mass is 235 g/mol. The van der Waals surface area contributed by atoms with Crippen LogP contribution in [-0.2, 0) is 4.79 Å². The summed E-state index contributed by atoms with van der Waals surface area (Å²) in [7, 11) is 0. The highest BCUT2D eigenvalue weighted by Gasteiger charge is 2.16. The summed E-state index contributed by atoms with van der Waals surface area (Å²) in [6.07, 6.45) is 5.03. The van der Waals surface area contributed by atoms with Gasteiger partial charge < -0.3 is 10.0 Å². The summed E-state index contributed by atoms with van der Waals surface area (Å²) >= 11 is 0. The van der Waals surface area contributed by atoms with Crippen molar-refractivity contribution >= 4 is 12.1 Å². The first kappa shape index (κ1) is 13.6. The molecule has 0 radical (unpaired) electrons. The lowest BCUT2D eigenvalue weighted by atomic mass is 10.0. The standard InChI is InChI=1S/C14H21NO2/c1-3-5-12(6-4-2)15(11-16)13-7-9-14(17)10-8-13/h7-12,17H,3-6H2,1-2H3. The number of phenols is 1.